The van der Waals surface area contributed by atoms with Gasteiger partial charge in [-0.2, -0.15) is 24.5 Å². The largest absolute Gasteiger partial charge is 0.378 e. The fourth-order valence-electron chi connectivity index (χ4n) is 3.82. The Hall–Kier alpha value is -0.800. The Balaban J connectivity index is 1.23. The summed E-state index contributed by atoms with van der Waals surface area (Å²) in [5, 5.41) is 0. The maximum absolute atomic E-state index is 12.5. The predicted molar refractivity (Wildman–Crippen MR) is 122 cm³/mol. The summed E-state index contributed by atoms with van der Waals surface area (Å²) in [5.74, 6) is 2.58. The molecule has 2 fully saturated rings. The van der Waals surface area contributed by atoms with Crippen LogP contribution in [0.1, 0.15) is 38.5 Å². The Morgan fingerprint density at radius 1 is 0.966 bits per heavy atom. The average molecular weight is 442 g/mol. The number of hydrogen-bond acceptors (Lipinski definition) is 5. The van der Waals surface area contributed by atoms with Gasteiger partial charge in [-0.15, -0.1) is 0 Å². The molecule has 1 aromatic rings. The van der Waals surface area contributed by atoms with Crippen LogP contribution in [0.15, 0.2) is 30.3 Å². The van der Waals surface area contributed by atoms with E-state index in [0.717, 1.165) is 25.9 Å². The van der Waals surface area contributed by atoms with Gasteiger partial charge in [0.1, 0.15) is 0 Å². The number of ether oxygens (including phenoxy) is 1. The van der Waals surface area contributed by atoms with Crippen LogP contribution in [0.2, 0.25) is 0 Å². The van der Waals surface area contributed by atoms with E-state index in [9.17, 15) is 8.42 Å². The van der Waals surface area contributed by atoms with E-state index in [-0.39, 0.29) is 6.10 Å². The van der Waals surface area contributed by atoms with Gasteiger partial charge in [-0.1, -0.05) is 31.0 Å². The molecular weight excluding hydrogens is 406 g/mol. The second-order valence-corrected chi connectivity index (χ2v) is 10.7. The van der Waals surface area contributed by atoms with Crippen LogP contribution in [0, 0.1) is 0 Å². The number of nitrogens with one attached hydrogen (secondary N) is 1. The summed E-state index contributed by atoms with van der Waals surface area (Å²) in [6, 6.07) is 9.04. The molecule has 0 amide bonds. The van der Waals surface area contributed by atoms with Gasteiger partial charge in [0.15, 0.2) is 0 Å². The molecule has 2 aliphatic rings. The van der Waals surface area contributed by atoms with Crippen LogP contribution in [0.25, 0.3) is 0 Å². The number of hydrogen-bond donors (Lipinski definition) is 1. The summed E-state index contributed by atoms with van der Waals surface area (Å²) in [6.07, 6.45) is 6.60. The monoisotopic (exact) mass is 441 g/mol. The van der Waals surface area contributed by atoms with Crippen molar-refractivity contribution in [1.82, 2.24) is 9.21 Å². The Morgan fingerprint density at radius 3 is 2.38 bits per heavy atom. The quantitative estimate of drug-likeness (QED) is 0.533. The van der Waals surface area contributed by atoms with Crippen molar-refractivity contribution >= 4 is 27.7 Å². The highest BCUT2D eigenvalue weighted by Gasteiger charge is 2.28. The van der Waals surface area contributed by atoms with E-state index < -0.39 is 10.2 Å². The summed E-state index contributed by atoms with van der Waals surface area (Å²) >= 11 is 2.07. The third kappa shape index (κ3) is 8.09. The van der Waals surface area contributed by atoms with E-state index >= 15 is 0 Å². The third-order valence-corrected chi connectivity index (χ3v) is 8.07. The van der Waals surface area contributed by atoms with Gasteiger partial charge in [-0.05, 0) is 44.4 Å². The smallest absolute Gasteiger partial charge is 0.301 e. The van der Waals surface area contributed by atoms with Crippen molar-refractivity contribution in [3.8, 4) is 0 Å². The lowest BCUT2D eigenvalue weighted by Gasteiger charge is -2.31. The molecule has 0 saturated carbocycles. The molecule has 1 aromatic carbocycles. The molecule has 0 unspecified atom stereocenters. The van der Waals surface area contributed by atoms with Gasteiger partial charge in [0.25, 0.3) is 0 Å². The van der Waals surface area contributed by atoms with E-state index in [1.807, 2.05) is 18.2 Å². The molecule has 0 radical (unpaired) electrons. The Bertz CT molecular complexity index is 674. The van der Waals surface area contributed by atoms with Crippen molar-refractivity contribution in [2.24, 2.45) is 0 Å². The number of para-hydroxylation sites is 1. The highest BCUT2D eigenvalue weighted by molar-refractivity contribution is 7.99. The first-order chi connectivity index (χ1) is 14.1. The molecule has 6 nitrogen and oxygen atoms in total. The second-order valence-electron chi connectivity index (χ2n) is 7.81. The van der Waals surface area contributed by atoms with Crippen LogP contribution >= 0.6 is 11.8 Å². The Kier molecular flexibility index (Phi) is 9.58. The molecule has 8 heteroatoms. The van der Waals surface area contributed by atoms with Crippen LogP contribution < -0.4 is 4.72 Å². The van der Waals surface area contributed by atoms with Crippen LogP contribution in [-0.4, -0.2) is 74.6 Å². The van der Waals surface area contributed by atoms with Crippen LogP contribution in [-0.2, 0) is 14.9 Å². The molecule has 2 aliphatic heterocycles. The lowest BCUT2D eigenvalue weighted by atomic mass is 10.1. The number of piperidine rings is 1. The van der Waals surface area contributed by atoms with Gasteiger partial charge < -0.3 is 9.64 Å². The predicted octanol–water partition coefficient (Wildman–Crippen LogP) is 3.43. The zero-order valence-electron chi connectivity index (χ0n) is 17.3. The number of thioether (sulfide) groups is 1. The minimum atomic E-state index is -3.48. The molecule has 1 N–H and O–H groups in total. The molecule has 2 saturated heterocycles. The molecule has 0 aliphatic carbocycles. The summed E-state index contributed by atoms with van der Waals surface area (Å²) in [7, 11) is -3.48. The normalized spacial score (nSPS) is 20.0. The maximum atomic E-state index is 12.5. The van der Waals surface area contributed by atoms with Crippen LogP contribution in [0.3, 0.4) is 0 Å². The van der Waals surface area contributed by atoms with Crippen LogP contribution in [0.4, 0.5) is 5.69 Å². The summed E-state index contributed by atoms with van der Waals surface area (Å²) < 4.78 is 35.2. The lowest BCUT2D eigenvalue weighted by molar-refractivity contribution is 0.0193. The number of rotatable bonds is 11. The van der Waals surface area contributed by atoms with Gasteiger partial charge in [-0.25, -0.2) is 0 Å². The zero-order valence-corrected chi connectivity index (χ0v) is 18.9. The molecule has 164 valence electrons. The summed E-state index contributed by atoms with van der Waals surface area (Å²) in [6.45, 7) is 5.57. The van der Waals surface area contributed by atoms with Gasteiger partial charge in [0, 0.05) is 50.0 Å². The minimum Gasteiger partial charge on any atom is -0.378 e. The van der Waals surface area contributed by atoms with Crippen molar-refractivity contribution < 1.29 is 13.2 Å². The standard InChI is InChI=1S/C21H35N3O3S2/c25-29(26,22-20-8-4-3-5-9-20)24-13-10-21(11-14-24)27-17-7-2-1-6-12-23-15-18-28-19-16-23/h3-5,8-9,21-22H,1-2,6-7,10-19H2. The lowest BCUT2D eigenvalue weighted by Crippen LogP contribution is -2.43. The maximum Gasteiger partial charge on any atom is 0.301 e. The first kappa shape index (κ1) is 22.9. The van der Waals surface area contributed by atoms with E-state index in [1.165, 1.54) is 54.7 Å². The first-order valence-corrected chi connectivity index (χ1v) is 13.5. The molecule has 0 bridgehead atoms. The summed E-state index contributed by atoms with van der Waals surface area (Å²) in [4.78, 5) is 2.58. The molecular formula is C21H35N3O3S2. The zero-order chi connectivity index (χ0) is 20.4. The number of nitrogens with zero attached hydrogens (tertiary/aromatic N) is 2. The van der Waals surface area contributed by atoms with E-state index in [0.29, 0.717) is 18.8 Å². The number of anilines is 1. The third-order valence-electron chi connectivity index (χ3n) is 5.59. The SMILES string of the molecule is O=S(=O)(Nc1ccccc1)N1CCC(OCCCCCCN2CCSCC2)CC1. The van der Waals surface area contributed by atoms with Crippen molar-refractivity contribution in [1.29, 1.82) is 0 Å². The molecule has 0 aromatic heterocycles. The molecule has 0 atom stereocenters. The Morgan fingerprint density at radius 2 is 1.66 bits per heavy atom. The van der Waals surface area contributed by atoms with Crippen LogP contribution in [0.5, 0.6) is 0 Å². The van der Waals surface area contributed by atoms with Crippen molar-refractivity contribution in [2.75, 3.05) is 55.6 Å². The molecule has 3 rings (SSSR count). The number of unbranched alkanes of at least 4 members (excludes halogenated alkanes) is 3. The fraction of sp³-hybridized carbons (Fsp3) is 0.714. The van der Waals surface area contributed by atoms with E-state index in [2.05, 4.69) is 21.4 Å². The van der Waals surface area contributed by atoms with E-state index in [1.54, 1.807) is 12.1 Å². The van der Waals surface area contributed by atoms with E-state index in [4.69, 9.17) is 4.74 Å². The van der Waals surface area contributed by atoms with Crippen molar-refractivity contribution in [2.45, 2.75) is 44.6 Å². The summed E-state index contributed by atoms with van der Waals surface area (Å²) in [5.41, 5.74) is 0.602. The van der Waals surface area contributed by atoms with Gasteiger partial charge in [-0.3, -0.25) is 4.72 Å². The fourth-order valence-corrected chi connectivity index (χ4v) is 6.06. The molecule has 29 heavy (non-hydrogen) atoms. The molecule has 0 spiro atoms. The average Bonchev–Trinajstić information content (AvgIpc) is 2.74. The van der Waals surface area contributed by atoms with Gasteiger partial charge in [0.2, 0.25) is 0 Å². The highest BCUT2D eigenvalue weighted by atomic mass is 32.2. The highest BCUT2D eigenvalue weighted by Crippen LogP contribution is 2.19. The Labute approximate surface area is 180 Å². The van der Waals surface area contributed by atoms with Crippen molar-refractivity contribution in [3.05, 3.63) is 30.3 Å². The van der Waals surface area contributed by atoms with Gasteiger partial charge >= 0.3 is 10.2 Å². The first-order valence-electron chi connectivity index (χ1n) is 10.9. The topological polar surface area (TPSA) is 61.9 Å². The minimum absolute atomic E-state index is 0.184. The second kappa shape index (κ2) is 12.2. The van der Waals surface area contributed by atoms with Crippen molar-refractivity contribution in [3.63, 3.8) is 0 Å². The molecule has 2 heterocycles. The number of benzene rings is 1. The van der Waals surface area contributed by atoms with Gasteiger partial charge in [0.05, 0.1) is 6.10 Å².